The van der Waals surface area contributed by atoms with Crippen molar-refractivity contribution in [2.75, 3.05) is 0 Å². The van der Waals surface area contributed by atoms with Crippen molar-refractivity contribution in [3.05, 3.63) is 58.5 Å². The highest BCUT2D eigenvalue weighted by atomic mass is 19.1. The van der Waals surface area contributed by atoms with Gasteiger partial charge in [-0.25, -0.2) is 13.6 Å². The number of aromatic carboxylic acids is 1. The average molecular weight is 268 g/mol. The van der Waals surface area contributed by atoms with Crippen LogP contribution in [-0.4, -0.2) is 16.2 Å². The molecule has 1 atom stereocenters. The zero-order valence-electron chi connectivity index (χ0n) is 9.85. The Morgan fingerprint density at radius 2 is 1.95 bits per heavy atom. The van der Waals surface area contributed by atoms with E-state index in [-0.39, 0.29) is 22.6 Å². The second kappa shape index (κ2) is 4.81. The summed E-state index contributed by atoms with van der Waals surface area (Å²) in [4.78, 5) is 10.6. The van der Waals surface area contributed by atoms with Crippen LogP contribution in [0.15, 0.2) is 28.7 Å². The molecular weight excluding hydrogens is 258 g/mol. The van der Waals surface area contributed by atoms with Crippen LogP contribution in [0, 0.1) is 18.6 Å². The molecule has 4 nitrogen and oxygen atoms in total. The van der Waals surface area contributed by atoms with Crippen molar-refractivity contribution >= 4 is 5.97 Å². The number of aliphatic hydroxyl groups is 1. The minimum Gasteiger partial charge on any atom is -0.475 e. The standard InChI is InChI=1S/C13H10F2O4/c1-6-4-7(9(15)5-8(6)14)12(16)10-2-3-11(19-10)13(17)18/h2-5,12,16H,1H3,(H,17,18). The molecule has 1 aromatic heterocycles. The van der Waals surface area contributed by atoms with E-state index in [0.717, 1.165) is 12.1 Å². The molecule has 0 aliphatic heterocycles. The lowest BCUT2D eigenvalue weighted by atomic mass is 10.0. The third-order valence-electron chi connectivity index (χ3n) is 2.68. The van der Waals surface area contributed by atoms with Gasteiger partial charge in [-0.05, 0) is 30.7 Å². The fraction of sp³-hybridized carbons (Fsp3) is 0.154. The fourth-order valence-electron chi connectivity index (χ4n) is 1.66. The van der Waals surface area contributed by atoms with E-state index < -0.39 is 23.7 Å². The normalized spacial score (nSPS) is 12.4. The summed E-state index contributed by atoms with van der Waals surface area (Å²) in [6.45, 7) is 1.43. The molecule has 1 aromatic carbocycles. The quantitative estimate of drug-likeness (QED) is 0.897. The number of aryl methyl sites for hydroxylation is 1. The van der Waals surface area contributed by atoms with Crippen LogP contribution >= 0.6 is 0 Å². The molecule has 0 radical (unpaired) electrons. The van der Waals surface area contributed by atoms with Crippen molar-refractivity contribution < 1.29 is 28.2 Å². The summed E-state index contributed by atoms with van der Waals surface area (Å²) in [7, 11) is 0. The highest BCUT2D eigenvalue weighted by Gasteiger charge is 2.21. The van der Waals surface area contributed by atoms with Crippen LogP contribution in [-0.2, 0) is 0 Å². The maximum Gasteiger partial charge on any atom is 0.371 e. The van der Waals surface area contributed by atoms with E-state index in [1.54, 1.807) is 0 Å². The van der Waals surface area contributed by atoms with Crippen LogP contribution in [0.3, 0.4) is 0 Å². The summed E-state index contributed by atoms with van der Waals surface area (Å²) in [5.41, 5.74) is -0.00865. The Morgan fingerprint density at radius 3 is 2.53 bits per heavy atom. The molecule has 1 unspecified atom stereocenters. The smallest absolute Gasteiger partial charge is 0.371 e. The number of carboxylic acids is 1. The molecule has 1 heterocycles. The first-order valence-corrected chi connectivity index (χ1v) is 5.36. The molecule has 0 amide bonds. The number of carboxylic acid groups (broad SMARTS) is 1. The fourth-order valence-corrected chi connectivity index (χ4v) is 1.66. The molecule has 0 fully saturated rings. The molecule has 0 aliphatic rings. The lowest BCUT2D eigenvalue weighted by Gasteiger charge is -2.10. The van der Waals surface area contributed by atoms with E-state index in [4.69, 9.17) is 9.52 Å². The largest absolute Gasteiger partial charge is 0.475 e. The second-order valence-electron chi connectivity index (χ2n) is 4.03. The summed E-state index contributed by atoms with van der Waals surface area (Å²) in [5, 5.41) is 18.6. The van der Waals surface area contributed by atoms with Crippen LogP contribution in [0.5, 0.6) is 0 Å². The first-order chi connectivity index (χ1) is 8.90. The van der Waals surface area contributed by atoms with Crippen LogP contribution in [0.1, 0.15) is 33.5 Å². The lowest BCUT2D eigenvalue weighted by Crippen LogP contribution is -2.03. The molecule has 19 heavy (non-hydrogen) atoms. The van der Waals surface area contributed by atoms with E-state index in [0.29, 0.717) is 6.07 Å². The number of hydrogen-bond donors (Lipinski definition) is 2. The highest BCUT2D eigenvalue weighted by Crippen LogP contribution is 2.27. The van der Waals surface area contributed by atoms with Crippen LogP contribution in [0.4, 0.5) is 8.78 Å². The number of benzene rings is 1. The Bertz CT molecular complexity index is 634. The summed E-state index contributed by atoms with van der Waals surface area (Å²) < 4.78 is 31.6. The molecule has 0 aliphatic carbocycles. The van der Waals surface area contributed by atoms with Gasteiger partial charge in [0.1, 0.15) is 23.5 Å². The van der Waals surface area contributed by atoms with Crippen molar-refractivity contribution in [2.45, 2.75) is 13.0 Å². The van der Waals surface area contributed by atoms with Crippen molar-refractivity contribution in [3.8, 4) is 0 Å². The predicted octanol–water partition coefficient (Wildman–Crippen LogP) is 2.65. The number of rotatable bonds is 3. The average Bonchev–Trinajstić information content (AvgIpc) is 2.82. The molecule has 0 saturated heterocycles. The van der Waals surface area contributed by atoms with E-state index in [1.165, 1.54) is 13.0 Å². The second-order valence-corrected chi connectivity index (χ2v) is 4.03. The third-order valence-corrected chi connectivity index (χ3v) is 2.68. The molecule has 0 spiro atoms. The minimum absolute atomic E-state index is 0.123. The number of hydrogen-bond acceptors (Lipinski definition) is 3. The van der Waals surface area contributed by atoms with Crippen molar-refractivity contribution in [3.63, 3.8) is 0 Å². The Hall–Kier alpha value is -2.21. The van der Waals surface area contributed by atoms with E-state index >= 15 is 0 Å². The van der Waals surface area contributed by atoms with Gasteiger partial charge < -0.3 is 14.6 Å². The van der Waals surface area contributed by atoms with E-state index in [1.807, 2.05) is 0 Å². The molecule has 100 valence electrons. The Labute approximate surface area is 106 Å². The van der Waals surface area contributed by atoms with Gasteiger partial charge >= 0.3 is 5.97 Å². The van der Waals surface area contributed by atoms with E-state index in [2.05, 4.69) is 0 Å². The van der Waals surface area contributed by atoms with Gasteiger partial charge in [0.25, 0.3) is 0 Å². The van der Waals surface area contributed by atoms with Gasteiger partial charge in [0.05, 0.1) is 0 Å². The SMILES string of the molecule is Cc1cc(C(O)c2ccc(C(=O)O)o2)c(F)cc1F. The maximum atomic E-state index is 13.6. The van der Waals surface area contributed by atoms with Gasteiger partial charge in [-0.15, -0.1) is 0 Å². The van der Waals surface area contributed by atoms with Crippen molar-refractivity contribution in [1.29, 1.82) is 0 Å². The molecule has 2 aromatic rings. The van der Waals surface area contributed by atoms with Crippen molar-refractivity contribution in [2.24, 2.45) is 0 Å². The van der Waals surface area contributed by atoms with Gasteiger partial charge in [-0.2, -0.15) is 0 Å². The molecule has 2 N–H and O–H groups in total. The third kappa shape index (κ3) is 2.48. The molecule has 0 saturated carbocycles. The topological polar surface area (TPSA) is 70.7 Å². The van der Waals surface area contributed by atoms with Gasteiger partial charge in [0.2, 0.25) is 5.76 Å². The van der Waals surface area contributed by atoms with Crippen molar-refractivity contribution in [1.82, 2.24) is 0 Å². The zero-order valence-corrected chi connectivity index (χ0v) is 9.85. The first-order valence-electron chi connectivity index (χ1n) is 5.36. The van der Waals surface area contributed by atoms with Gasteiger partial charge in [0.15, 0.2) is 0 Å². The number of aliphatic hydroxyl groups excluding tert-OH is 1. The molecule has 6 heteroatoms. The molecule has 2 rings (SSSR count). The molecular formula is C13H10F2O4. The highest BCUT2D eigenvalue weighted by molar-refractivity contribution is 5.84. The summed E-state index contributed by atoms with van der Waals surface area (Å²) >= 11 is 0. The van der Waals surface area contributed by atoms with Crippen LogP contribution < -0.4 is 0 Å². The van der Waals surface area contributed by atoms with Gasteiger partial charge in [0, 0.05) is 11.6 Å². The number of halogens is 2. The van der Waals surface area contributed by atoms with Crippen LogP contribution in [0.2, 0.25) is 0 Å². The summed E-state index contributed by atoms with van der Waals surface area (Å²) in [5.74, 6) is -3.44. The number of carbonyl (C=O) groups is 1. The summed E-state index contributed by atoms with van der Waals surface area (Å²) in [6, 6.07) is 4.19. The minimum atomic E-state index is -1.49. The Balaban J connectivity index is 2.40. The Morgan fingerprint density at radius 1 is 1.26 bits per heavy atom. The number of furan rings is 1. The Kier molecular flexibility index (Phi) is 3.35. The van der Waals surface area contributed by atoms with Gasteiger partial charge in [-0.3, -0.25) is 0 Å². The monoisotopic (exact) mass is 268 g/mol. The predicted molar refractivity (Wildman–Crippen MR) is 60.8 cm³/mol. The van der Waals surface area contributed by atoms with Gasteiger partial charge in [-0.1, -0.05) is 0 Å². The van der Waals surface area contributed by atoms with Crippen LogP contribution in [0.25, 0.3) is 0 Å². The molecule has 0 bridgehead atoms. The lowest BCUT2D eigenvalue weighted by molar-refractivity contribution is 0.0655. The summed E-state index contributed by atoms with van der Waals surface area (Å²) in [6.07, 6.45) is -1.49. The maximum absolute atomic E-state index is 13.6. The first kappa shape index (κ1) is 13.2. The zero-order chi connectivity index (χ0) is 14.2. The van der Waals surface area contributed by atoms with E-state index in [9.17, 15) is 18.7 Å².